The Hall–Kier alpha value is -1.73. The number of aromatic amines is 1. The monoisotopic (exact) mass is 269 g/mol. The van der Waals surface area contributed by atoms with Gasteiger partial charge in [-0.1, -0.05) is 0 Å². The van der Waals surface area contributed by atoms with Crippen molar-refractivity contribution in [1.29, 1.82) is 0 Å². The van der Waals surface area contributed by atoms with Crippen molar-refractivity contribution in [1.82, 2.24) is 10.3 Å². The van der Waals surface area contributed by atoms with E-state index in [1.54, 1.807) is 6.07 Å². The smallest absolute Gasteiger partial charge is 0.267 e. The zero-order valence-corrected chi connectivity index (χ0v) is 10.7. The number of halogens is 1. The first-order chi connectivity index (χ1) is 8.51. The number of hydrogen-bond acceptors (Lipinski definition) is 3. The SMILES string of the molecule is CNC(=O)c1cc2c(N[S+](C)[O-])cc(F)cc2[nH]1. The van der Waals surface area contributed by atoms with Crippen LogP contribution in [-0.4, -0.2) is 28.7 Å². The second-order valence-electron chi connectivity index (χ2n) is 3.73. The molecule has 1 amide bonds. The molecule has 1 heterocycles. The maximum Gasteiger partial charge on any atom is 0.267 e. The Morgan fingerprint density at radius 3 is 2.78 bits per heavy atom. The molecule has 0 radical (unpaired) electrons. The van der Waals surface area contributed by atoms with Crippen LogP contribution in [0.2, 0.25) is 0 Å². The molecule has 1 atom stereocenters. The highest BCUT2D eigenvalue weighted by Gasteiger charge is 2.13. The minimum absolute atomic E-state index is 0.296. The van der Waals surface area contributed by atoms with Crippen LogP contribution in [0.1, 0.15) is 10.5 Å². The Labute approximate surface area is 106 Å². The van der Waals surface area contributed by atoms with Gasteiger partial charge in [-0.25, -0.2) is 9.11 Å². The van der Waals surface area contributed by atoms with Crippen molar-refractivity contribution in [3.05, 3.63) is 29.7 Å². The van der Waals surface area contributed by atoms with Crippen LogP contribution in [0.25, 0.3) is 10.9 Å². The molecule has 96 valence electrons. The number of carbonyl (C=O) groups is 1. The van der Waals surface area contributed by atoms with Gasteiger partial charge in [0.1, 0.15) is 17.8 Å². The van der Waals surface area contributed by atoms with Gasteiger partial charge in [-0.05, 0) is 12.1 Å². The number of fused-ring (bicyclic) bond motifs is 1. The minimum atomic E-state index is -1.32. The molecular formula is C11H12FN3O2S. The molecule has 0 saturated carbocycles. The molecule has 0 aliphatic heterocycles. The van der Waals surface area contributed by atoms with E-state index in [0.717, 1.165) is 0 Å². The van der Waals surface area contributed by atoms with Gasteiger partial charge in [-0.2, -0.15) is 0 Å². The minimum Gasteiger partial charge on any atom is -0.593 e. The summed E-state index contributed by atoms with van der Waals surface area (Å²) in [4.78, 5) is 14.3. The van der Waals surface area contributed by atoms with Crippen LogP contribution >= 0.6 is 0 Å². The number of anilines is 1. The summed E-state index contributed by atoms with van der Waals surface area (Å²) in [7, 11) is 1.51. The molecule has 1 aromatic carbocycles. The van der Waals surface area contributed by atoms with Crippen molar-refractivity contribution in [3.63, 3.8) is 0 Å². The molecule has 0 bridgehead atoms. The Bertz CT molecular complexity index is 597. The van der Waals surface area contributed by atoms with Gasteiger partial charge in [0.15, 0.2) is 0 Å². The van der Waals surface area contributed by atoms with E-state index in [-0.39, 0.29) is 5.91 Å². The van der Waals surface area contributed by atoms with Crippen LogP contribution in [0.5, 0.6) is 0 Å². The number of carbonyl (C=O) groups excluding carboxylic acids is 1. The second-order valence-corrected chi connectivity index (χ2v) is 4.85. The van der Waals surface area contributed by atoms with E-state index in [1.807, 2.05) is 0 Å². The van der Waals surface area contributed by atoms with Gasteiger partial charge in [0.05, 0.1) is 22.6 Å². The largest absolute Gasteiger partial charge is 0.593 e. The summed E-state index contributed by atoms with van der Waals surface area (Å²) in [5, 5.41) is 3.09. The van der Waals surface area contributed by atoms with Crippen molar-refractivity contribution in [2.24, 2.45) is 0 Å². The molecule has 0 aliphatic rings. The summed E-state index contributed by atoms with van der Waals surface area (Å²) in [6.45, 7) is 0. The highest BCUT2D eigenvalue weighted by Crippen LogP contribution is 2.26. The Kier molecular flexibility index (Phi) is 3.44. The Morgan fingerprint density at radius 2 is 2.17 bits per heavy atom. The van der Waals surface area contributed by atoms with Crippen LogP contribution in [0, 0.1) is 5.82 Å². The van der Waals surface area contributed by atoms with Crippen molar-refractivity contribution >= 4 is 33.9 Å². The number of hydrogen-bond donors (Lipinski definition) is 3. The van der Waals surface area contributed by atoms with Crippen LogP contribution < -0.4 is 10.0 Å². The number of benzene rings is 1. The first kappa shape index (κ1) is 12.7. The average molecular weight is 269 g/mol. The highest BCUT2D eigenvalue weighted by molar-refractivity contribution is 7.92. The number of nitrogens with one attached hydrogen (secondary N) is 3. The van der Waals surface area contributed by atoms with E-state index in [9.17, 15) is 13.7 Å². The van der Waals surface area contributed by atoms with Gasteiger partial charge in [-0.15, -0.1) is 0 Å². The van der Waals surface area contributed by atoms with E-state index < -0.39 is 17.2 Å². The topological polar surface area (TPSA) is 80.0 Å². The van der Waals surface area contributed by atoms with Crippen molar-refractivity contribution in [2.75, 3.05) is 18.0 Å². The molecule has 1 unspecified atom stereocenters. The molecular weight excluding hydrogens is 257 g/mol. The average Bonchev–Trinajstić information content (AvgIpc) is 2.70. The third-order valence-electron chi connectivity index (χ3n) is 2.43. The van der Waals surface area contributed by atoms with Crippen LogP contribution in [-0.2, 0) is 11.4 Å². The van der Waals surface area contributed by atoms with Crippen molar-refractivity contribution in [3.8, 4) is 0 Å². The van der Waals surface area contributed by atoms with Gasteiger partial charge < -0.3 is 14.9 Å². The lowest BCUT2D eigenvalue weighted by molar-refractivity contribution is 0.0959. The maximum atomic E-state index is 13.4. The van der Waals surface area contributed by atoms with Crippen LogP contribution in [0.3, 0.4) is 0 Å². The van der Waals surface area contributed by atoms with Crippen molar-refractivity contribution in [2.45, 2.75) is 0 Å². The van der Waals surface area contributed by atoms with E-state index in [4.69, 9.17) is 0 Å². The predicted molar refractivity (Wildman–Crippen MR) is 69.3 cm³/mol. The lowest BCUT2D eigenvalue weighted by Crippen LogP contribution is -2.17. The maximum absolute atomic E-state index is 13.4. The summed E-state index contributed by atoms with van der Waals surface area (Å²) < 4.78 is 27.2. The molecule has 7 heteroatoms. The lowest BCUT2D eigenvalue weighted by atomic mass is 10.2. The van der Waals surface area contributed by atoms with E-state index >= 15 is 0 Å². The van der Waals surface area contributed by atoms with Gasteiger partial charge in [0.25, 0.3) is 5.91 Å². The van der Waals surface area contributed by atoms with E-state index in [0.29, 0.717) is 22.3 Å². The fraction of sp³-hybridized carbons (Fsp3) is 0.182. The third-order valence-corrected chi connectivity index (χ3v) is 2.94. The molecule has 0 saturated heterocycles. The number of aromatic nitrogens is 1. The number of rotatable bonds is 3. The zero-order chi connectivity index (χ0) is 13.3. The number of H-pyrrole nitrogens is 1. The first-order valence-electron chi connectivity index (χ1n) is 5.15. The normalized spacial score (nSPS) is 12.4. The summed E-state index contributed by atoms with van der Waals surface area (Å²) in [5.41, 5.74) is 1.18. The molecule has 0 spiro atoms. The molecule has 5 nitrogen and oxygen atoms in total. The van der Waals surface area contributed by atoms with Gasteiger partial charge in [0.2, 0.25) is 0 Å². The molecule has 0 fully saturated rings. The molecule has 18 heavy (non-hydrogen) atoms. The highest BCUT2D eigenvalue weighted by atomic mass is 32.2. The standard InChI is InChI=1S/C11H12FN3O2S/c1-13-11(16)10-5-7-8(14-10)3-6(12)4-9(7)15-18(2)17/h3-5,14-15H,1-2H3,(H,13,16). The van der Waals surface area contributed by atoms with E-state index in [2.05, 4.69) is 15.0 Å². The quantitative estimate of drug-likeness (QED) is 0.736. The lowest BCUT2D eigenvalue weighted by Gasteiger charge is -2.08. The molecule has 1 aromatic heterocycles. The first-order valence-corrected chi connectivity index (χ1v) is 6.71. The zero-order valence-electron chi connectivity index (χ0n) is 9.83. The molecule has 2 aromatic rings. The molecule has 0 aliphatic carbocycles. The molecule has 2 rings (SSSR count). The second kappa shape index (κ2) is 4.87. The summed E-state index contributed by atoms with van der Waals surface area (Å²) in [5.74, 6) is -0.768. The van der Waals surface area contributed by atoms with Crippen LogP contribution in [0.15, 0.2) is 18.2 Å². The summed E-state index contributed by atoms with van der Waals surface area (Å²) in [6, 6.07) is 4.11. The predicted octanol–water partition coefficient (Wildman–Crippen LogP) is 1.37. The molecule has 3 N–H and O–H groups in total. The van der Waals surface area contributed by atoms with Gasteiger partial charge in [0, 0.05) is 18.5 Å². The Morgan fingerprint density at radius 1 is 1.44 bits per heavy atom. The summed E-state index contributed by atoms with van der Waals surface area (Å²) in [6.07, 6.45) is 1.45. The Balaban J connectivity index is 2.56. The summed E-state index contributed by atoms with van der Waals surface area (Å²) >= 11 is -1.32. The fourth-order valence-electron chi connectivity index (χ4n) is 1.70. The van der Waals surface area contributed by atoms with Crippen LogP contribution in [0.4, 0.5) is 10.1 Å². The fourth-order valence-corrected chi connectivity index (χ4v) is 2.18. The van der Waals surface area contributed by atoms with Gasteiger partial charge >= 0.3 is 0 Å². The van der Waals surface area contributed by atoms with Crippen molar-refractivity contribution < 1.29 is 13.7 Å². The van der Waals surface area contributed by atoms with Gasteiger partial charge in [-0.3, -0.25) is 4.79 Å². The van der Waals surface area contributed by atoms with E-state index in [1.165, 1.54) is 25.4 Å². The third kappa shape index (κ3) is 2.41. The number of amides is 1.